The van der Waals surface area contributed by atoms with Gasteiger partial charge in [-0.05, 0) is 31.0 Å². The quantitative estimate of drug-likeness (QED) is 0.884. The van der Waals surface area contributed by atoms with Crippen LogP contribution >= 0.6 is 0 Å². The number of anilines is 1. The topological polar surface area (TPSA) is 70.7 Å². The molecule has 2 aromatic heterocycles. The van der Waals surface area contributed by atoms with Crippen LogP contribution in [0.15, 0.2) is 30.6 Å². The maximum absolute atomic E-state index is 11.2. The van der Waals surface area contributed by atoms with Crippen molar-refractivity contribution < 1.29 is 4.79 Å². The van der Waals surface area contributed by atoms with Gasteiger partial charge < -0.3 is 10.3 Å². The summed E-state index contributed by atoms with van der Waals surface area (Å²) in [4.78, 5) is 14.2. The van der Waals surface area contributed by atoms with Crippen LogP contribution in [-0.2, 0) is 4.79 Å². The fourth-order valence-corrected chi connectivity index (χ4v) is 2.34. The second kappa shape index (κ2) is 5.22. The lowest BCUT2D eigenvalue weighted by Gasteiger charge is -2.22. The lowest BCUT2D eigenvalue weighted by atomic mass is 9.94. The molecule has 0 aliphatic heterocycles. The van der Waals surface area contributed by atoms with Crippen molar-refractivity contribution in [1.29, 1.82) is 0 Å². The van der Waals surface area contributed by atoms with Gasteiger partial charge in [0.05, 0.1) is 5.69 Å². The number of rotatable bonds is 3. The molecule has 5 heteroatoms. The summed E-state index contributed by atoms with van der Waals surface area (Å²) >= 11 is 0. The molecule has 2 aromatic rings. The van der Waals surface area contributed by atoms with Gasteiger partial charge in [0.25, 0.3) is 0 Å². The van der Waals surface area contributed by atoms with Gasteiger partial charge in [-0.1, -0.05) is 0 Å². The second-order valence-corrected chi connectivity index (χ2v) is 4.86. The van der Waals surface area contributed by atoms with E-state index in [9.17, 15) is 4.79 Å². The molecule has 2 heterocycles. The Morgan fingerprint density at radius 1 is 1.16 bits per heavy atom. The van der Waals surface area contributed by atoms with Crippen molar-refractivity contribution in [3.8, 4) is 11.3 Å². The average molecular weight is 256 g/mol. The van der Waals surface area contributed by atoms with Crippen LogP contribution in [0.1, 0.15) is 25.7 Å². The SMILES string of the molecule is O=C1CCC(Nc2ccc(-c3cc[nH]c3)nn2)CC1. The molecule has 0 radical (unpaired) electrons. The highest BCUT2D eigenvalue weighted by Crippen LogP contribution is 2.20. The number of Topliss-reactive ketones (excluding diaryl/α,β-unsaturated/α-hetero) is 1. The maximum atomic E-state index is 11.2. The number of H-pyrrole nitrogens is 1. The Labute approximate surface area is 111 Å². The highest BCUT2D eigenvalue weighted by molar-refractivity contribution is 5.79. The Morgan fingerprint density at radius 3 is 2.63 bits per heavy atom. The minimum atomic E-state index is 0.338. The molecular formula is C14H16N4O. The fraction of sp³-hybridized carbons (Fsp3) is 0.357. The third kappa shape index (κ3) is 2.81. The van der Waals surface area contributed by atoms with Gasteiger partial charge in [-0.3, -0.25) is 4.79 Å². The summed E-state index contributed by atoms with van der Waals surface area (Å²) in [6, 6.07) is 6.19. The van der Waals surface area contributed by atoms with E-state index in [1.807, 2.05) is 30.6 Å². The minimum absolute atomic E-state index is 0.338. The van der Waals surface area contributed by atoms with Gasteiger partial charge in [0.15, 0.2) is 0 Å². The van der Waals surface area contributed by atoms with E-state index >= 15 is 0 Å². The van der Waals surface area contributed by atoms with Gasteiger partial charge in [0.1, 0.15) is 11.6 Å². The average Bonchev–Trinajstić information content (AvgIpc) is 2.96. The molecule has 0 spiro atoms. The molecule has 3 rings (SSSR count). The number of aromatic nitrogens is 3. The van der Waals surface area contributed by atoms with E-state index in [2.05, 4.69) is 20.5 Å². The van der Waals surface area contributed by atoms with Crippen molar-refractivity contribution in [1.82, 2.24) is 15.2 Å². The molecule has 98 valence electrons. The number of nitrogens with zero attached hydrogens (tertiary/aromatic N) is 2. The summed E-state index contributed by atoms with van der Waals surface area (Å²) in [5, 5.41) is 11.7. The molecule has 5 nitrogen and oxygen atoms in total. The van der Waals surface area contributed by atoms with E-state index < -0.39 is 0 Å². The molecule has 0 unspecified atom stereocenters. The standard InChI is InChI=1S/C14H16N4O/c19-12-3-1-11(2-4-12)16-14-6-5-13(17-18-14)10-7-8-15-9-10/h5-9,11,15H,1-4H2,(H,16,18). The first kappa shape index (κ1) is 11.9. The molecule has 1 aliphatic carbocycles. The normalized spacial score (nSPS) is 16.5. The highest BCUT2D eigenvalue weighted by Gasteiger charge is 2.18. The number of carbonyl (C=O) groups excluding carboxylic acids is 1. The molecule has 0 aromatic carbocycles. The summed E-state index contributed by atoms with van der Waals surface area (Å²) in [5.41, 5.74) is 1.88. The molecule has 2 N–H and O–H groups in total. The summed E-state index contributed by atoms with van der Waals surface area (Å²) in [6.45, 7) is 0. The van der Waals surface area contributed by atoms with Gasteiger partial charge >= 0.3 is 0 Å². The van der Waals surface area contributed by atoms with Crippen molar-refractivity contribution in [3.05, 3.63) is 30.6 Å². The summed E-state index contributed by atoms with van der Waals surface area (Å²) in [7, 11) is 0. The largest absolute Gasteiger partial charge is 0.367 e. The van der Waals surface area contributed by atoms with Gasteiger partial charge in [0, 0.05) is 36.8 Å². The van der Waals surface area contributed by atoms with Gasteiger partial charge in [-0.2, -0.15) is 0 Å². The second-order valence-electron chi connectivity index (χ2n) is 4.86. The first-order chi connectivity index (χ1) is 9.31. The number of nitrogens with one attached hydrogen (secondary N) is 2. The lowest BCUT2D eigenvalue weighted by molar-refractivity contribution is -0.120. The third-order valence-electron chi connectivity index (χ3n) is 3.45. The zero-order valence-corrected chi connectivity index (χ0v) is 10.6. The molecule has 19 heavy (non-hydrogen) atoms. The van der Waals surface area contributed by atoms with Crippen molar-refractivity contribution in [3.63, 3.8) is 0 Å². The van der Waals surface area contributed by atoms with Crippen LogP contribution in [-0.4, -0.2) is 27.0 Å². The number of hydrogen-bond donors (Lipinski definition) is 2. The molecule has 1 aliphatic rings. The monoisotopic (exact) mass is 256 g/mol. The molecule has 1 fully saturated rings. The Hall–Kier alpha value is -2.17. The molecule has 1 saturated carbocycles. The van der Waals surface area contributed by atoms with Crippen molar-refractivity contribution >= 4 is 11.6 Å². The fourth-order valence-electron chi connectivity index (χ4n) is 2.34. The lowest BCUT2D eigenvalue weighted by Crippen LogP contribution is -2.26. The predicted molar refractivity (Wildman–Crippen MR) is 72.7 cm³/mol. The Bertz CT molecular complexity index is 537. The molecule has 0 saturated heterocycles. The molecule has 0 amide bonds. The Kier molecular flexibility index (Phi) is 3.27. The minimum Gasteiger partial charge on any atom is -0.367 e. The Balaban J connectivity index is 1.65. The first-order valence-corrected chi connectivity index (χ1v) is 6.56. The van der Waals surface area contributed by atoms with Crippen molar-refractivity contribution in [2.75, 3.05) is 5.32 Å². The zero-order chi connectivity index (χ0) is 13.1. The van der Waals surface area contributed by atoms with Crippen molar-refractivity contribution in [2.45, 2.75) is 31.7 Å². The highest BCUT2D eigenvalue weighted by atomic mass is 16.1. The van der Waals surface area contributed by atoms with Crippen LogP contribution in [0.3, 0.4) is 0 Å². The van der Waals surface area contributed by atoms with Crippen LogP contribution in [0.25, 0.3) is 11.3 Å². The van der Waals surface area contributed by atoms with Crippen LogP contribution < -0.4 is 5.32 Å². The summed E-state index contributed by atoms with van der Waals surface area (Å²) in [6.07, 6.45) is 6.88. The molecule has 0 bridgehead atoms. The summed E-state index contributed by atoms with van der Waals surface area (Å²) in [5.74, 6) is 1.14. The number of aromatic amines is 1. The number of carbonyl (C=O) groups is 1. The maximum Gasteiger partial charge on any atom is 0.148 e. The van der Waals surface area contributed by atoms with Gasteiger partial charge in [-0.15, -0.1) is 10.2 Å². The van der Waals surface area contributed by atoms with Gasteiger partial charge in [-0.25, -0.2) is 0 Å². The van der Waals surface area contributed by atoms with Crippen LogP contribution in [0, 0.1) is 0 Å². The van der Waals surface area contributed by atoms with Crippen molar-refractivity contribution in [2.24, 2.45) is 0 Å². The third-order valence-corrected chi connectivity index (χ3v) is 3.45. The van der Waals surface area contributed by atoms with Crippen LogP contribution in [0.2, 0.25) is 0 Å². The van der Waals surface area contributed by atoms with Crippen LogP contribution in [0.5, 0.6) is 0 Å². The van der Waals surface area contributed by atoms with E-state index in [0.29, 0.717) is 24.7 Å². The van der Waals surface area contributed by atoms with E-state index in [1.54, 1.807) is 0 Å². The zero-order valence-electron chi connectivity index (χ0n) is 10.6. The number of ketones is 1. The van der Waals surface area contributed by atoms with E-state index in [1.165, 1.54) is 0 Å². The molecule has 0 atom stereocenters. The molecular weight excluding hydrogens is 240 g/mol. The van der Waals surface area contributed by atoms with Crippen LogP contribution in [0.4, 0.5) is 5.82 Å². The number of hydrogen-bond acceptors (Lipinski definition) is 4. The smallest absolute Gasteiger partial charge is 0.148 e. The van der Waals surface area contributed by atoms with E-state index in [-0.39, 0.29) is 0 Å². The van der Waals surface area contributed by atoms with E-state index in [4.69, 9.17) is 0 Å². The first-order valence-electron chi connectivity index (χ1n) is 6.56. The Morgan fingerprint density at radius 2 is 2.00 bits per heavy atom. The van der Waals surface area contributed by atoms with E-state index in [0.717, 1.165) is 29.9 Å². The predicted octanol–water partition coefficient (Wildman–Crippen LogP) is 2.40. The summed E-state index contributed by atoms with van der Waals surface area (Å²) < 4.78 is 0. The van der Waals surface area contributed by atoms with Gasteiger partial charge in [0.2, 0.25) is 0 Å².